The Morgan fingerprint density at radius 3 is 2.50 bits per heavy atom. The standard InChI is InChI=1S/C5H6F2Ge/c6-8(7)5-3-1-2-4-5/h1,3-4,8H,2H2. The van der Waals surface area contributed by atoms with Crippen LogP contribution in [0.25, 0.3) is 0 Å². The summed E-state index contributed by atoms with van der Waals surface area (Å²) >= 11 is -3.86. The summed E-state index contributed by atoms with van der Waals surface area (Å²) in [4.78, 5) is 0. The monoisotopic (exact) mass is 178 g/mol. The van der Waals surface area contributed by atoms with Gasteiger partial charge in [-0.3, -0.25) is 0 Å². The molecule has 0 spiro atoms. The van der Waals surface area contributed by atoms with Crippen LogP contribution in [0.3, 0.4) is 0 Å². The third kappa shape index (κ3) is 1.18. The van der Waals surface area contributed by atoms with E-state index in [1.165, 1.54) is 0 Å². The number of hydrogen-bond acceptors (Lipinski definition) is 0. The maximum absolute atomic E-state index is 11.8. The summed E-state index contributed by atoms with van der Waals surface area (Å²) < 4.78 is 24.0. The van der Waals surface area contributed by atoms with Crippen LogP contribution in [0.5, 0.6) is 0 Å². The predicted molar refractivity (Wildman–Crippen MR) is 31.2 cm³/mol. The van der Waals surface area contributed by atoms with Gasteiger partial charge in [0.1, 0.15) is 0 Å². The molecule has 3 heteroatoms. The Hall–Kier alpha value is -0.117. The minimum absolute atomic E-state index is 0.345. The van der Waals surface area contributed by atoms with Crippen LogP contribution >= 0.6 is 0 Å². The van der Waals surface area contributed by atoms with Gasteiger partial charge >= 0.3 is 51.3 Å². The third-order valence-electron chi connectivity index (χ3n) is 1.05. The third-order valence-corrected chi connectivity index (χ3v) is 3.01. The summed E-state index contributed by atoms with van der Waals surface area (Å²) in [6.45, 7) is 0. The quantitative estimate of drug-likeness (QED) is 0.533. The first kappa shape index (κ1) is 6.01. The van der Waals surface area contributed by atoms with Crippen molar-refractivity contribution in [3.8, 4) is 0 Å². The summed E-state index contributed by atoms with van der Waals surface area (Å²) in [5.74, 6) is 0. The van der Waals surface area contributed by atoms with E-state index in [1.807, 2.05) is 0 Å². The molecule has 0 nitrogen and oxygen atoms in total. The fourth-order valence-electron chi connectivity index (χ4n) is 0.638. The molecule has 0 saturated heterocycles. The van der Waals surface area contributed by atoms with Crippen LogP contribution in [0.15, 0.2) is 22.6 Å². The van der Waals surface area contributed by atoms with Gasteiger partial charge in [0.05, 0.1) is 0 Å². The molecule has 1 rings (SSSR count). The second-order valence-corrected chi connectivity index (χ2v) is 4.30. The Balaban J connectivity index is 2.58. The van der Waals surface area contributed by atoms with Crippen LogP contribution < -0.4 is 0 Å². The van der Waals surface area contributed by atoms with E-state index in [1.54, 1.807) is 18.2 Å². The van der Waals surface area contributed by atoms with Crippen LogP contribution in [-0.4, -0.2) is 15.3 Å². The number of hydrogen-bond donors (Lipinski definition) is 0. The molecule has 1 aliphatic carbocycles. The average molecular weight is 177 g/mol. The molecule has 0 fully saturated rings. The molecule has 0 aromatic heterocycles. The molecule has 0 aromatic carbocycles. The molecule has 0 N–H and O–H groups in total. The summed E-state index contributed by atoms with van der Waals surface area (Å²) in [5, 5.41) is 0. The molecule has 0 aromatic rings. The van der Waals surface area contributed by atoms with E-state index in [2.05, 4.69) is 0 Å². The zero-order valence-corrected chi connectivity index (χ0v) is 6.70. The Morgan fingerprint density at radius 1 is 1.50 bits per heavy atom. The summed E-state index contributed by atoms with van der Waals surface area (Å²) in [7, 11) is 0. The zero-order chi connectivity index (χ0) is 5.98. The SMILES string of the molecule is [F][GeH]([F])[C]1=CCC=C1. The fraction of sp³-hybridized carbons (Fsp3) is 0.200. The fourth-order valence-corrected chi connectivity index (χ4v) is 1.89. The molecule has 0 saturated carbocycles. The molecule has 0 amide bonds. The zero-order valence-electron chi connectivity index (χ0n) is 4.27. The van der Waals surface area contributed by atoms with E-state index < -0.39 is 15.3 Å². The molecule has 44 valence electrons. The van der Waals surface area contributed by atoms with Crippen molar-refractivity contribution in [3.05, 3.63) is 22.6 Å². The average Bonchev–Trinajstić information content (AvgIpc) is 2.12. The summed E-state index contributed by atoms with van der Waals surface area (Å²) in [6, 6.07) is 0. The first-order valence-corrected chi connectivity index (χ1v) is 5.49. The molecule has 8 heavy (non-hydrogen) atoms. The van der Waals surface area contributed by atoms with Crippen LogP contribution in [-0.2, 0) is 0 Å². The van der Waals surface area contributed by atoms with Gasteiger partial charge in [0.2, 0.25) is 0 Å². The van der Waals surface area contributed by atoms with Crippen LogP contribution in [0.2, 0.25) is 0 Å². The van der Waals surface area contributed by atoms with Gasteiger partial charge in [0.25, 0.3) is 0 Å². The van der Waals surface area contributed by atoms with Crippen molar-refractivity contribution < 1.29 is 7.00 Å². The van der Waals surface area contributed by atoms with Gasteiger partial charge < -0.3 is 0 Å². The number of halogens is 2. The predicted octanol–water partition coefficient (Wildman–Crippen LogP) is 1.57. The van der Waals surface area contributed by atoms with Crippen LogP contribution in [0.4, 0.5) is 7.00 Å². The summed E-state index contributed by atoms with van der Waals surface area (Å²) in [6.07, 6.45) is 5.65. The Bertz CT molecular complexity index is 137. The Kier molecular flexibility index (Phi) is 1.83. The molecule has 0 atom stereocenters. The van der Waals surface area contributed by atoms with Crippen molar-refractivity contribution in [1.82, 2.24) is 0 Å². The number of allylic oxidation sites excluding steroid dienone is 4. The van der Waals surface area contributed by atoms with Crippen LogP contribution in [0.1, 0.15) is 6.42 Å². The second kappa shape index (κ2) is 2.44. The van der Waals surface area contributed by atoms with Crippen molar-refractivity contribution in [3.63, 3.8) is 0 Å². The van der Waals surface area contributed by atoms with E-state index in [0.717, 1.165) is 0 Å². The number of rotatable bonds is 1. The molecule has 0 bridgehead atoms. The Morgan fingerprint density at radius 2 is 2.25 bits per heavy atom. The van der Waals surface area contributed by atoms with Crippen LogP contribution in [0, 0.1) is 0 Å². The van der Waals surface area contributed by atoms with Gasteiger partial charge in [-0.1, -0.05) is 0 Å². The van der Waals surface area contributed by atoms with Gasteiger partial charge in [-0.2, -0.15) is 0 Å². The van der Waals surface area contributed by atoms with Crippen molar-refractivity contribution >= 4 is 15.3 Å². The van der Waals surface area contributed by atoms with Crippen molar-refractivity contribution in [2.75, 3.05) is 0 Å². The van der Waals surface area contributed by atoms with E-state index >= 15 is 0 Å². The molecule has 0 unspecified atom stereocenters. The molecule has 0 radical (unpaired) electrons. The van der Waals surface area contributed by atoms with Gasteiger partial charge in [-0.15, -0.1) is 0 Å². The molecule has 0 heterocycles. The van der Waals surface area contributed by atoms with Gasteiger partial charge in [0.15, 0.2) is 0 Å². The topological polar surface area (TPSA) is 0 Å². The van der Waals surface area contributed by atoms with Gasteiger partial charge in [-0.05, 0) is 0 Å². The van der Waals surface area contributed by atoms with Crippen molar-refractivity contribution in [1.29, 1.82) is 0 Å². The normalized spacial score (nSPS) is 17.6. The maximum atomic E-state index is 11.8. The molecule has 0 aliphatic heterocycles. The first-order valence-electron chi connectivity index (χ1n) is 2.45. The minimum atomic E-state index is -3.86. The second-order valence-electron chi connectivity index (χ2n) is 1.64. The van der Waals surface area contributed by atoms with E-state index in [4.69, 9.17) is 0 Å². The van der Waals surface area contributed by atoms with E-state index in [9.17, 15) is 7.00 Å². The van der Waals surface area contributed by atoms with Crippen molar-refractivity contribution in [2.45, 2.75) is 6.42 Å². The van der Waals surface area contributed by atoms with Gasteiger partial charge in [-0.25, -0.2) is 0 Å². The first-order chi connectivity index (χ1) is 3.80. The van der Waals surface area contributed by atoms with E-state index in [-0.39, 0.29) is 0 Å². The Labute approximate surface area is 52.0 Å². The van der Waals surface area contributed by atoms with Gasteiger partial charge in [0, 0.05) is 0 Å². The summed E-state index contributed by atoms with van der Waals surface area (Å²) in [5.41, 5.74) is 0. The molecule has 1 aliphatic rings. The van der Waals surface area contributed by atoms with Crippen molar-refractivity contribution in [2.24, 2.45) is 0 Å². The molecular weight excluding hydrogens is 171 g/mol. The molecular formula is C5H6F2Ge. The van der Waals surface area contributed by atoms with E-state index in [0.29, 0.717) is 10.8 Å².